The molecule has 16 nitrogen and oxygen atoms in total. The largest absolute Gasteiger partial charge is 0.439 e. The number of hydrogen-bond donors (Lipinski definition) is 5. The van der Waals surface area contributed by atoms with Crippen LogP contribution in [-0.4, -0.2) is 110 Å². The Kier molecular flexibility index (Phi) is 16.9. The van der Waals surface area contributed by atoms with Crippen molar-refractivity contribution in [3.63, 3.8) is 0 Å². The number of ether oxygens (including phenoxy) is 3. The van der Waals surface area contributed by atoms with E-state index >= 15 is 0 Å². The molecule has 3 rings (SSSR count). The first kappa shape index (κ1) is 44.2. The van der Waals surface area contributed by atoms with Gasteiger partial charge in [-0.25, -0.2) is 4.79 Å². The molecule has 0 saturated carbocycles. The van der Waals surface area contributed by atoms with Crippen molar-refractivity contribution in [2.75, 3.05) is 33.9 Å². The Morgan fingerprint density at radius 3 is 2.35 bits per heavy atom. The molecule has 2 aliphatic heterocycles. The van der Waals surface area contributed by atoms with Crippen molar-refractivity contribution in [2.45, 2.75) is 84.2 Å². The smallest absolute Gasteiger partial charge is 0.405 e. The Morgan fingerprint density at radius 2 is 1.71 bits per heavy atom. The molecule has 2 unspecified atom stereocenters. The predicted octanol–water partition coefficient (Wildman–Crippen LogP) is 1.56. The molecule has 2 bridgehead atoms. The summed E-state index contributed by atoms with van der Waals surface area (Å²) >= 11 is 0. The highest BCUT2D eigenvalue weighted by Crippen LogP contribution is 2.29. The molecule has 300 valence electrons. The molecule has 6 N–H and O–H groups in total. The number of nitrogens with one attached hydrogen (secondary N) is 3. The van der Waals surface area contributed by atoms with Gasteiger partial charge in [0.05, 0.1) is 23.6 Å². The zero-order chi connectivity index (χ0) is 40.8. The highest BCUT2D eigenvalue weighted by molar-refractivity contribution is 6.23. The maximum Gasteiger partial charge on any atom is 0.405 e. The van der Waals surface area contributed by atoms with Gasteiger partial charge in [-0.15, -0.1) is 0 Å². The summed E-state index contributed by atoms with van der Waals surface area (Å²) in [4.78, 5) is 89.2. The van der Waals surface area contributed by atoms with Crippen LogP contribution in [-0.2, 0) is 43.0 Å². The summed E-state index contributed by atoms with van der Waals surface area (Å²) in [6.45, 7) is 7.49. The van der Waals surface area contributed by atoms with Gasteiger partial charge >= 0.3 is 6.09 Å². The number of fused-ring (bicyclic) bond motifs is 2. The Labute approximate surface area is 320 Å². The number of rotatable bonds is 12. The summed E-state index contributed by atoms with van der Waals surface area (Å²) in [7, 11) is 2.88. The van der Waals surface area contributed by atoms with Gasteiger partial charge in [0.1, 0.15) is 6.10 Å². The van der Waals surface area contributed by atoms with E-state index in [9.17, 15) is 38.7 Å². The first-order chi connectivity index (χ1) is 26.1. The van der Waals surface area contributed by atoms with Crippen molar-refractivity contribution >= 4 is 41.3 Å². The Balaban J connectivity index is 1.81. The van der Waals surface area contributed by atoms with Gasteiger partial charge in [0.25, 0.3) is 17.7 Å². The van der Waals surface area contributed by atoms with Crippen LogP contribution in [0.3, 0.4) is 0 Å². The van der Waals surface area contributed by atoms with Crippen LogP contribution in [0.4, 0.5) is 4.79 Å². The second-order valence-corrected chi connectivity index (χ2v) is 13.8. The number of nitrogens with two attached hydrogens (primary N) is 1. The van der Waals surface area contributed by atoms with E-state index < -0.39 is 65.7 Å². The van der Waals surface area contributed by atoms with E-state index in [2.05, 4.69) is 16.0 Å². The molecule has 55 heavy (non-hydrogen) atoms. The fraction of sp³-hybridized carbons (Fsp3) is 0.513. The molecular formula is C39H53N5O11. The fourth-order valence-electron chi connectivity index (χ4n) is 6.45. The average molecular weight is 768 g/mol. The SMILES string of the molecule is COC1/C=C/C=C(/C)C(=O)NC2=CC(=O)C(NCCCNC(=O)CCCN3C(=O)C=CC3=O)=C(C[C@@H](C)CC(OC)[C@H](O)[C@@H](C)/C=C(\C)[C@@H]1OC(N)=O)C2=O. The zero-order valence-corrected chi connectivity index (χ0v) is 32.2. The van der Waals surface area contributed by atoms with Crippen molar-refractivity contribution < 1.29 is 52.9 Å². The number of amides is 5. The molecule has 16 heteroatoms. The second-order valence-electron chi connectivity index (χ2n) is 13.8. The molecule has 0 fully saturated rings. The van der Waals surface area contributed by atoms with Gasteiger partial charge in [0.2, 0.25) is 17.5 Å². The minimum Gasteiger partial charge on any atom is -0.439 e. The highest BCUT2D eigenvalue weighted by atomic mass is 16.6. The highest BCUT2D eigenvalue weighted by Gasteiger charge is 2.33. The third-order valence-electron chi connectivity index (χ3n) is 9.46. The number of imide groups is 1. The summed E-state index contributed by atoms with van der Waals surface area (Å²) in [6.07, 6.45) is 6.42. The number of nitrogens with zero attached hydrogens (tertiary/aromatic N) is 1. The minimum absolute atomic E-state index is 0.0726. The standard InChI is InChI=1S/C39H53N5O11/c1-22-18-26-34(42-16-9-15-41-31(46)12-8-17-44-32(47)13-14-33(44)48)28(45)21-27(36(26)50)43-38(51)23(2)10-7-11-29(53-5)37(55-39(40)52)25(4)20-24(3)35(49)30(19-22)54-6/h7,10-11,13-14,20-22,24,29-30,35,37,42,49H,8-9,12,15-19H2,1-6H3,(H2,40,52)(H,41,46)(H,43,51)/b11-7+,23-10-,25-20+/t22-,24+,29?,30?,35-,37+/m1/s1. The molecule has 0 saturated heterocycles. The summed E-state index contributed by atoms with van der Waals surface area (Å²) in [6, 6.07) is 0. The number of hydrogen-bond acceptors (Lipinski definition) is 12. The summed E-state index contributed by atoms with van der Waals surface area (Å²) in [5, 5.41) is 19.8. The molecular weight excluding hydrogens is 714 g/mol. The fourth-order valence-corrected chi connectivity index (χ4v) is 6.45. The van der Waals surface area contributed by atoms with Crippen LogP contribution in [0.5, 0.6) is 0 Å². The van der Waals surface area contributed by atoms with Crippen molar-refractivity contribution in [2.24, 2.45) is 17.6 Å². The number of aliphatic hydroxyl groups is 1. The van der Waals surface area contributed by atoms with Crippen molar-refractivity contribution in [3.05, 3.63) is 70.6 Å². The first-order valence-corrected chi connectivity index (χ1v) is 18.2. The lowest BCUT2D eigenvalue weighted by atomic mass is 9.85. The number of ketones is 2. The summed E-state index contributed by atoms with van der Waals surface area (Å²) in [5.41, 5.74) is 6.15. The van der Waals surface area contributed by atoms with Gasteiger partial charge in [0, 0.05) is 75.6 Å². The van der Waals surface area contributed by atoms with Gasteiger partial charge in [0.15, 0.2) is 6.10 Å². The normalized spacial score (nSPS) is 28.2. The molecule has 6 atom stereocenters. The summed E-state index contributed by atoms with van der Waals surface area (Å²) < 4.78 is 16.7. The van der Waals surface area contributed by atoms with Crippen LogP contribution in [0.15, 0.2) is 70.6 Å². The van der Waals surface area contributed by atoms with Crippen molar-refractivity contribution in [1.82, 2.24) is 20.9 Å². The molecule has 1 aliphatic carbocycles. The van der Waals surface area contributed by atoms with Gasteiger partial charge in [-0.1, -0.05) is 38.2 Å². The minimum atomic E-state index is -1.03. The van der Waals surface area contributed by atoms with Gasteiger partial charge in [-0.05, 0) is 51.0 Å². The lowest BCUT2D eigenvalue weighted by Crippen LogP contribution is -2.38. The first-order valence-electron chi connectivity index (χ1n) is 18.2. The maximum atomic E-state index is 13.9. The third kappa shape index (κ3) is 12.7. The van der Waals surface area contributed by atoms with Gasteiger partial charge in [-0.3, -0.25) is 33.7 Å². The molecule has 0 aromatic rings. The molecule has 3 aliphatic rings. The van der Waals surface area contributed by atoms with E-state index in [1.54, 1.807) is 26.0 Å². The Bertz CT molecular complexity index is 1670. The van der Waals surface area contributed by atoms with Crippen molar-refractivity contribution in [1.29, 1.82) is 0 Å². The summed E-state index contributed by atoms with van der Waals surface area (Å²) in [5.74, 6) is -3.56. The predicted molar refractivity (Wildman–Crippen MR) is 200 cm³/mol. The number of Topliss-reactive ketones (excluding diaryl/α,β-unsaturated/α-hetero) is 1. The monoisotopic (exact) mass is 767 g/mol. The number of methoxy groups -OCH3 is 2. The topological polar surface area (TPSA) is 233 Å². The number of aliphatic hydroxyl groups excluding tert-OH is 1. The van der Waals surface area contributed by atoms with E-state index in [1.807, 2.05) is 6.92 Å². The van der Waals surface area contributed by atoms with Crippen LogP contribution in [0.1, 0.15) is 59.8 Å². The van der Waals surface area contributed by atoms with Crippen LogP contribution < -0.4 is 21.7 Å². The Hall–Kier alpha value is -5.19. The quantitative estimate of drug-likeness (QED) is 0.0825. The third-order valence-corrected chi connectivity index (χ3v) is 9.46. The lowest BCUT2D eigenvalue weighted by molar-refractivity contribution is -0.137. The lowest BCUT2D eigenvalue weighted by Gasteiger charge is -2.30. The van der Waals surface area contributed by atoms with Crippen LogP contribution in [0.2, 0.25) is 0 Å². The number of carbonyl (C=O) groups is 7. The molecule has 2 heterocycles. The number of carbonyl (C=O) groups excluding carboxylic acids is 7. The molecule has 0 aromatic carbocycles. The Morgan fingerprint density at radius 1 is 1.02 bits per heavy atom. The van der Waals surface area contributed by atoms with E-state index in [1.165, 1.54) is 45.4 Å². The second kappa shape index (κ2) is 21.0. The van der Waals surface area contributed by atoms with E-state index in [0.29, 0.717) is 18.4 Å². The number of allylic oxidation sites excluding steroid dienone is 4. The number of primary amides is 1. The van der Waals surface area contributed by atoms with E-state index in [4.69, 9.17) is 19.9 Å². The van der Waals surface area contributed by atoms with Crippen molar-refractivity contribution in [3.8, 4) is 0 Å². The molecule has 0 spiro atoms. The van der Waals surface area contributed by atoms with Gasteiger partial charge < -0.3 is 41.0 Å². The average Bonchev–Trinajstić information content (AvgIpc) is 3.45. The van der Waals surface area contributed by atoms with Crippen LogP contribution in [0, 0.1) is 11.8 Å². The zero-order valence-electron chi connectivity index (χ0n) is 32.2. The molecule has 5 amide bonds. The molecule has 0 aromatic heterocycles. The van der Waals surface area contributed by atoms with E-state index in [-0.39, 0.29) is 73.3 Å². The maximum absolute atomic E-state index is 13.9. The van der Waals surface area contributed by atoms with Crippen LogP contribution >= 0.6 is 0 Å². The molecule has 0 radical (unpaired) electrons. The van der Waals surface area contributed by atoms with Crippen LogP contribution in [0.25, 0.3) is 0 Å². The van der Waals surface area contributed by atoms with Gasteiger partial charge in [-0.2, -0.15) is 0 Å². The van der Waals surface area contributed by atoms with E-state index in [0.717, 1.165) is 11.0 Å².